The first-order chi connectivity index (χ1) is 16.6. The molecule has 2 aliphatic heterocycles. The Morgan fingerprint density at radius 1 is 1.09 bits per heavy atom. The van der Waals surface area contributed by atoms with Crippen molar-refractivity contribution in [1.82, 2.24) is 15.1 Å². The van der Waals surface area contributed by atoms with Crippen LogP contribution < -0.4 is 15.5 Å². The van der Waals surface area contributed by atoms with Crippen LogP contribution in [0.2, 0.25) is 5.02 Å². The number of halogens is 1. The summed E-state index contributed by atoms with van der Waals surface area (Å²) in [5, 5.41) is 7.92. The number of carbonyl (C=O) groups is 1. The molecule has 34 heavy (non-hydrogen) atoms. The highest BCUT2D eigenvalue weighted by Crippen LogP contribution is 2.22. The van der Waals surface area contributed by atoms with Crippen LogP contribution in [0.3, 0.4) is 0 Å². The number of nitrogens with zero attached hydrogens (tertiary/aromatic N) is 3. The van der Waals surface area contributed by atoms with Crippen LogP contribution in [0.4, 0.5) is 11.4 Å². The number of anilines is 2. The minimum atomic E-state index is 0.462. The second kappa shape index (κ2) is 12.1. The zero-order valence-corrected chi connectivity index (χ0v) is 20.8. The normalized spacial score (nSPS) is 19.1. The largest absolute Gasteiger partial charge is 0.374 e. The third-order valence-corrected chi connectivity index (χ3v) is 6.81. The van der Waals surface area contributed by atoms with Gasteiger partial charge in [0.25, 0.3) is 0 Å². The second-order valence-electron chi connectivity index (χ2n) is 9.26. The molecule has 2 fully saturated rings. The number of carbonyl (C=O) groups excluding carboxylic acids is 1. The molecule has 7 heteroatoms. The summed E-state index contributed by atoms with van der Waals surface area (Å²) in [6.45, 7) is 8.05. The van der Waals surface area contributed by atoms with Gasteiger partial charge in [-0.25, -0.2) is 0 Å². The first-order valence-electron chi connectivity index (χ1n) is 12.4. The fourth-order valence-corrected chi connectivity index (χ4v) is 4.72. The first-order valence-corrected chi connectivity index (χ1v) is 12.8. The van der Waals surface area contributed by atoms with Crippen LogP contribution in [0.15, 0.2) is 60.6 Å². The van der Waals surface area contributed by atoms with Crippen molar-refractivity contribution in [2.24, 2.45) is 0 Å². The molecule has 0 saturated carbocycles. The maximum Gasteiger partial charge on any atom is 0.214 e. The summed E-state index contributed by atoms with van der Waals surface area (Å²) in [5.74, 6) is 1.15. The predicted molar refractivity (Wildman–Crippen MR) is 141 cm³/mol. The molecule has 0 unspecified atom stereocenters. The van der Waals surface area contributed by atoms with Crippen molar-refractivity contribution in [2.75, 3.05) is 49.5 Å². The van der Waals surface area contributed by atoms with E-state index >= 15 is 0 Å². The van der Waals surface area contributed by atoms with E-state index in [9.17, 15) is 4.79 Å². The lowest BCUT2D eigenvalue weighted by Crippen LogP contribution is -2.50. The first kappa shape index (κ1) is 24.4. The molecular formula is C27H36ClN5O. The van der Waals surface area contributed by atoms with E-state index in [4.69, 9.17) is 11.6 Å². The minimum Gasteiger partial charge on any atom is -0.374 e. The molecule has 2 N–H and O–H groups in total. The number of hydrogen-bond donors (Lipinski definition) is 2. The van der Waals surface area contributed by atoms with Gasteiger partial charge in [-0.05, 0) is 74.6 Å². The van der Waals surface area contributed by atoms with Crippen molar-refractivity contribution in [2.45, 2.75) is 38.6 Å². The Morgan fingerprint density at radius 3 is 2.50 bits per heavy atom. The van der Waals surface area contributed by atoms with Crippen molar-refractivity contribution in [3.8, 4) is 0 Å². The van der Waals surface area contributed by atoms with Crippen LogP contribution in [0.5, 0.6) is 0 Å². The fraction of sp³-hybridized carbons (Fsp3) is 0.444. The number of likely N-dealkylation sites (tertiary alicyclic amines) is 1. The summed E-state index contributed by atoms with van der Waals surface area (Å²) in [5.41, 5.74) is 3.08. The number of amides is 1. The molecule has 1 amide bonds. The molecule has 0 bridgehead atoms. The number of nitrogens with one attached hydrogen (secondary N) is 2. The molecule has 0 radical (unpaired) electrons. The molecule has 2 aromatic rings. The average Bonchev–Trinajstić information content (AvgIpc) is 2.86. The van der Waals surface area contributed by atoms with Gasteiger partial charge in [-0.2, -0.15) is 0 Å². The van der Waals surface area contributed by atoms with Gasteiger partial charge in [0.05, 0.1) is 0 Å². The number of rotatable bonds is 9. The molecule has 0 aromatic heterocycles. The number of benzene rings is 2. The van der Waals surface area contributed by atoms with E-state index in [1.54, 1.807) is 4.90 Å². The Morgan fingerprint density at radius 2 is 1.82 bits per heavy atom. The Labute approximate surface area is 208 Å². The van der Waals surface area contributed by atoms with Crippen LogP contribution in [0, 0.1) is 0 Å². The maximum absolute atomic E-state index is 11.8. The van der Waals surface area contributed by atoms with E-state index in [0.29, 0.717) is 12.6 Å². The van der Waals surface area contributed by atoms with E-state index in [-0.39, 0.29) is 0 Å². The van der Waals surface area contributed by atoms with Crippen LogP contribution in [-0.4, -0.2) is 61.5 Å². The molecule has 182 valence electrons. The Kier molecular flexibility index (Phi) is 8.72. The number of piperidine rings is 1. The maximum atomic E-state index is 11.8. The van der Waals surface area contributed by atoms with Gasteiger partial charge in [0, 0.05) is 67.9 Å². The van der Waals surface area contributed by atoms with E-state index < -0.39 is 0 Å². The third-order valence-electron chi connectivity index (χ3n) is 6.56. The molecule has 4 rings (SSSR count). The number of piperazine rings is 1. The average molecular weight is 482 g/mol. The summed E-state index contributed by atoms with van der Waals surface area (Å²) in [6.07, 6.45) is 7.82. The Balaban J connectivity index is 1.42. The Bertz CT molecular complexity index is 940. The van der Waals surface area contributed by atoms with E-state index in [1.165, 1.54) is 19.3 Å². The van der Waals surface area contributed by atoms with Crippen LogP contribution >= 0.6 is 11.6 Å². The lowest BCUT2D eigenvalue weighted by atomic mass is 10.1. The summed E-state index contributed by atoms with van der Waals surface area (Å²) < 4.78 is 0. The van der Waals surface area contributed by atoms with Crippen LogP contribution in [-0.2, 0) is 11.2 Å². The van der Waals surface area contributed by atoms with Crippen molar-refractivity contribution in [3.63, 3.8) is 0 Å². The lowest BCUT2D eigenvalue weighted by Gasteiger charge is -2.37. The summed E-state index contributed by atoms with van der Waals surface area (Å²) >= 11 is 5.97. The van der Waals surface area contributed by atoms with Crippen molar-refractivity contribution >= 4 is 29.4 Å². The van der Waals surface area contributed by atoms with Gasteiger partial charge in [-0.15, -0.1) is 0 Å². The van der Waals surface area contributed by atoms with E-state index in [2.05, 4.69) is 45.7 Å². The standard InChI is InChI=1S/C27H36ClN5O/c1-22-19-32(18-14-29-22)27(20-31-15-3-2-4-16-31)30-25-9-11-26(12-10-25)33(21-34)17-13-23-5-7-24(28)8-6-23/h5-12,20-22,29-30H,2-4,13-19H2,1H3/b27-20-/t22-/m0/s1. The molecular weight excluding hydrogens is 446 g/mol. The monoisotopic (exact) mass is 481 g/mol. The lowest BCUT2D eigenvalue weighted by molar-refractivity contribution is -0.107. The summed E-state index contributed by atoms with van der Waals surface area (Å²) in [7, 11) is 0. The zero-order chi connectivity index (χ0) is 23.8. The molecule has 0 aliphatic carbocycles. The van der Waals surface area contributed by atoms with Crippen LogP contribution in [0.25, 0.3) is 0 Å². The topological polar surface area (TPSA) is 50.9 Å². The number of hydrogen-bond acceptors (Lipinski definition) is 5. The molecule has 1 atom stereocenters. The SMILES string of the molecule is C[C@H]1CN(/C(=C\N2CCCCC2)Nc2ccc(N(C=O)CCc3ccc(Cl)cc3)cc2)CCN1. The van der Waals surface area contributed by atoms with Gasteiger partial charge in [0.15, 0.2) is 0 Å². The van der Waals surface area contributed by atoms with Gasteiger partial charge in [0.1, 0.15) is 5.82 Å². The minimum absolute atomic E-state index is 0.462. The molecule has 6 nitrogen and oxygen atoms in total. The predicted octanol–water partition coefficient (Wildman–Crippen LogP) is 4.54. The van der Waals surface area contributed by atoms with Gasteiger partial charge in [-0.3, -0.25) is 4.79 Å². The Hall–Kier alpha value is -2.70. The van der Waals surface area contributed by atoms with Gasteiger partial charge in [0.2, 0.25) is 6.41 Å². The van der Waals surface area contributed by atoms with Gasteiger partial charge in [-0.1, -0.05) is 23.7 Å². The van der Waals surface area contributed by atoms with Crippen molar-refractivity contribution < 1.29 is 4.79 Å². The molecule has 0 spiro atoms. The smallest absolute Gasteiger partial charge is 0.214 e. The van der Waals surface area contributed by atoms with Crippen LogP contribution in [0.1, 0.15) is 31.7 Å². The fourth-order valence-electron chi connectivity index (χ4n) is 4.59. The van der Waals surface area contributed by atoms with E-state index in [1.807, 2.05) is 36.4 Å². The van der Waals surface area contributed by atoms with Gasteiger partial charge < -0.3 is 25.3 Å². The molecule has 2 heterocycles. The molecule has 2 aliphatic rings. The van der Waals surface area contributed by atoms with Crippen molar-refractivity contribution in [3.05, 3.63) is 71.1 Å². The highest BCUT2D eigenvalue weighted by atomic mass is 35.5. The second-order valence-corrected chi connectivity index (χ2v) is 9.70. The van der Waals surface area contributed by atoms with Gasteiger partial charge >= 0.3 is 0 Å². The van der Waals surface area contributed by atoms with Crippen molar-refractivity contribution in [1.29, 1.82) is 0 Å². The summed E-state index contributed by atoms with van der Waals surface area (Å²) in [4.78, 5) is 18.4. The highest BCUT2D eigenvalue weighted by Gasteiger charge is 2.19. The molecule has 2 saturated heterocycles. The highest BCUT2D eigenvalue weighted by molar-refractivity contribution is 6.30. The third kappa shape index (κ3) is 6.90. The quantitative estimate of drug-likeness (QED) is 0.515. The zero-order valence-electron chi connectivity index (χ0n) is 20.0. The summed E-state index contributed by atoms with van der Waals surface area (Å²) in [6, 6.07) is 16.4. The molecule has 2 aromatic carbocycles. The van der Waals surface area contributed by atoms with E-state index in [0.717, 1.165) is 73.3 Å².